The number of hydrogen-bond donors (Lipinski definition) is 1. The van der Waals surface area contributed by atoms with Crippen LogP contribution in [0.1, 0.15) is 13.3 Å². The van der Waals surface area contributed by atoms with E-state index in [1.54, 1.807) is 11.8 Å². The number of thioether (sulfide) groups is 1. The monoisotopic (exact) mass is 289 g/mol. The molecule has 2 nitrogen and oxygen atoms in total. The van der Waals surface area contributed by atoms with Crippen molar-refractivity contribution in [2.45, 2.75) is 22.6 Å². The zero-order chi connectivity index (χ0) is 12.5. The quantitative estimate of drug-likeness (QED) is 0.672. The fourth-order valence-electron chi connectivity index (χ4n) is 1.53. The van der Waals surface area contributed by atoms with E-state index in [4.69, 9.17) is 23.2 Å². The lowest BCUT2D eigenvalue weighted by molar-refractivity contribution is -0.114. The predicted octanol–water partition coefficient (Wildman–Crippen LogP) is 3.93. The van der Waals surface area contributed by atoms with Gasteiger partial charge in [0.2, 0.25) is 5.91 Å². The topological polar surface area (TPSA) is 29.1 Å². The summed E-state index contributed by atoms with van der Waals surface area (Å²) >= 11 is 13.6. The van der Waals surface area contributed by atoms with Crippen LogP contribution in [0.3, 0.4) is 0 Å². The first-order valence-corrected chi connectivity index (χ1v) is 7.10. The maximum Gasteiger partial charge on any atom is 0.221 e. The Hall–Kier alpha value is -0.380. The van der Waals surface area contributed by atoms with Crippen LogP contribution in [-0.2, 0) is 4.79 Å². The van der Waals surface area contributed by atoms with Gasteiger partial charge >= 0.3 is 0 Å². The van der Waals surface area contributed by atoms with Crippen LogP contribution in [0.2, 0.25) is 0 Å². The molecule has 92 valence electrons. The molecule has 1 N–H and O–H groups in total. The van der Waals surface area contributed by atoms with Crippen molar-refractivity contribution in [1.29, 1.82) is 0 Å². The van der Waals surface area contributed by atoms with E-state index < -0.39 is 4.33 Å². The van der Waals surface area contributed by atoms with Crippen molar-refractivity contribution in [2.24, 2.45) is 5.92 Å². The molecule has 1 aliphatic carbocycles. The number of alkyl halides is 2. The molecular formula is C12H13Cl2NOS. The zero-order valence-electron chi connectivity index (χ0n) is 9.37. The first-order chi connectivity index (χ1) is 7.99. The first kappa shape index (κ1) is 13.1. The highest BCUT2D eigenvalue weighted by molar-refractivity contribution is 7.99. The van der Waals surface area contributed by atoms with E-state index in [0.29, 0.717) is 5.92 Å². The number of carbonyl (C=O) groups excluding carboxylic acids is 1. The van der Waals surface area contributed by atoms with Crippen LogP contribution in [0, 0.1) is 5.92 Å². The molecule has 1 aromatic rings. The maximum atomic E-state index is 11.1. The lowest BCUT2D eigenvalue weighted by Gasteiger charge is -2.09. The second-order valence-corrected chi connectivity index (χ2v) is 6.75. The van der Waals surface area contributed by atoms with Gasteiger partial charge in [-0.25, -0.2) is 0 Å². The predicted molar refractivity (Wildman–Crippen MR) is 74.0 cm³/mol. The van der Waals surface area contributed by atoms with E-state index in [1.807, 2.05) is 24.3 Å². The highest BCUT2D eigenvalue weighted by Gasteiger charge is 2.51. The Morgan fingerprint density at radius 2 is 2.18 bits per heavy atom. The molecule has 0 bridgehead atoms. The molecule has 0 saturated heterocycles. The summed E-state index contributed by atoms with van der Waals surface area (Å²) in [7, 11) is 0. The molecular weight excluding hydrogens is 277 g/mol. The van der Waals surface area contributed by atoms with Gasteiger partial charge < -0.3 is 5.32 Å². The van der Waals surface area contributed by atoms with Crippen molar-refractivity contribution in [1.82, 2.24) is 0 Å². The van der Waals surface area contributed by atoms with Gasteiger partial charge in [-0.1, -0.05) is 12.1 Å². The van der Waals surface area contributed by atoms with Gasteiger partial charge in [0.15, 0.2) is 0 Å². The summed E-state index contributed by atoms with van der Waals surface area (Å²) < 4.78 is -0.532. The summed E-state index contributed by atoms with van der Waals surface area (Å²) in [6, 6.07) is 7.74. The van der Waals surface area contributed by atoms with Crippen LogP contribution in [0.4, 0.5) is 5.69 Å². The molecule has 0 heterocycles. The van der Waals surface area contributed by atoms with Crippen LogP contribution in [0.25, 0.3) is 0 Å². The van der Waals surface area contributed by atoms with Crippen LogP contribution in [0.15, 0.2) is 29.2 Å². The van der Waals surface area contributed by atoms with Gasteiger partial charge in [0.1, 0.15) is 4.33 Å². The van der Waals surface area contributed by atoms with Crippen LogP contribution >= 0.6 is 35.0 Å². The number of anilines is 1. The fraction of sp³-hybridized carbons (Fsp3) is 0.417. The van der Waals surface area contributed by atoms with E-state index >= 15 is 0 Å². The van der Waals surface area contributed by atoms with Crippen LogP contribution in [-0.4, -0.2) is 16.0 Å². The van der Waals surface area contributed by atoms with Crippen molar-refractivity contribution in [2.75, 3.05) is 11.1 Å². The SMILES string of the molecule is CC(=O)Nc1ccccc1SC[C@@H]1CC1(Cl)Cl. The second kappa shape index (κ2) is 5.09. The minimum absolute atomic E-state index is 0.0616. The Kier molecular flexibility index (Phi) is 3.91. The standard InChI is InChI=1S/C12H13Cl2NOS/c1-8(16)15-10-4-2-3-5-11(10)17-7-9-6-12(9,13)14/h2-5,9H,6-7H2,1H3,(H,15,16)/t9-/m0/s1. The maximum absolute atomic E-state index is 11.1. The molecule has 0 unspecified atom stereocenters. The average Bonchev–Trinajstić information content (AvgIpc) is 2.84. The van der Waals surface area contributed by atoms with Crippen molar-refractivity contribution in [3.63, 3.8) is 0 Å². The third kappa shape index (κ3) is 3.54. The highest BCUT2D eigenvalue weighted by atomic mass is 35.5. The molecule has 1 aliphatic rings. The minimum Gasteiger partial charge on any atom is -0.325 e. The van der Waals surface area contributed by atoms with Gasteiger partial charge in [-0.05, 0) is 18.6 Å². The van der Waals surface area contributed by atoms with Crippen molar-refractivity contribution >= 4 is 46.6 Å². The molecule has 0 spiro atoms. The molecule has 1 aromatic carbocycles. The van der Waals surface area contributed by atoms with Gasteiger partial charge in [0.05, 0.1) is 5.69 Å². The lowest BCUT2D eigenvalue weighted by atomic mass is 10.3. The summed E-state index contributed by atoms with van der Waals surface area (Å²) in [4.78, 5) is 12.1. The molecule has 5 heteroatoms. The normalized spacial score (nSPS) is 21.0. The number of amides is 1. The van der Waals surface area contributed by atoms with Gasteiger partial charge in [-0.15, -0.1) is 35.0 Å². The number of rotatable bonds is 4. The Morgan fingerprint density at radius 1 is 1.53 bits per heavy atom. The van der Waals surface area contributed by atoms with Crippen molar-refractivity contribution in [3.8, 4) is 0 Å². The Bertz CT molecular complexity index is 436. The Balaban J connectivity index is 1.98. The second-order valence-electron chi connectivity index (χ2n) is 4.15. The number of carbonyl (C=O) groups is 1. The summed E-state index contributed by atoms with van der Waals surface area (Å²) in [6.45, 7) is 1.50. The number of hydrogen-bond acceptors (Lipinski definition) is 2. The van der Waals surface area contributed by atoms with E-state index in [9.17, 15) is 4.79 Å². The summed E-state index contributed by atoms with van der Waals surface area (Å²) in [5.41, 5.74) is 0.848. The zero-order valence-corrected chi connectivity index (χ0v) is 11.7. The first-order valence-electron chi connectivity index (χ1n) is 5.36. The van der Waals surface area contributed by atoms with Gasteiger partial charge in [-0.2, -0.15) is 0 Å². The molecule has 17 heavy (non-hydrogen) atoms. The molecule has 2 rings (SSSR count). The largest absolute Gasteiger partial charge is 0.325 e. The molecule has 1 amide bonds. The third-order valence-electron chi connectivity index (χ3n) is 2.59. The number of nitrogens with one attached hydrogen (secondary N) is 1. The van der Waals surface area contributed by atoms with Crippen LogP contribution < -0.4 is 5.32 Å². The Morgan fingerprint density at radius 3 is 2.76 bits per heavy atom. The van der Waals surface area contributed by atoms with Crippen LogP contribution in [0.5, 0.6) is 0 Å². The Labute approximate surface area is 115 Å². The van der Waals surface area contributed by atoms with E-state index in [0.717, 1.165) is 22.8 Å². The van der Waals surface area contributed by atoms with Crippen molar-refractivity contribution in [3.05, 3.63) is 24.3 Å². The number of para-hydroxylation sites is 1. The lowest BCUT2D eigenvalue weighted by Crippen LogP contribution is -2.06. The minimum atomic E-state index is -0.532. The van der Waals surface area contributed by atoms with Crippen molar-refractivity contribution < 1.29 is 4.79 Å². The summed E-state index contributed by atoms with van der Waals surface area (Å²) in [6.07, 6.45) is 0.853. The molecule has 0 radical (unpaired) electrons. The fourth-order valence-corrected chi connectivity index (χ4v) is 3.47. The molecule has 1 fully saturated rings. The summed E-state index contributed by atoms with van der Waals surface area (Å²) in [5, 5.41) is 2.81. The number of halogens is 2. The van der Waals surface area contributed by atoms with Gasteiger partial charge in [-0.3, -0.25) is 4.79 Å². The third-order valence-corrected chi connectivity index (χ3v) is 4.76. The highest BCUT2D eigenvalue weighted by Crippen LogP contribution is 2.55. The molecule has 1 atom stereocenters. The number of benzene rings is 1. The average molecular weight is 290 g/mol. The van der Waals surface area contributed by atoms with E-state index in [2.05, 4.69) is 5.32 Å². The van der Waals surface area contributed by atoms with Gasteiger partial charge in [0, 0.05) is 23.5 Å². The van der Waals surface area contributed by atoms with E-state index in [-0.39, 0.29) is 5.91 Å². The summed E-state index contributed by atoms with van der Waals surface area (Å²) in [5.74, 6) is 1.17. The van der Waals surface area contributed by atoms with E-state index in [1.165, 1.54) is 6.92 Å². The molecule has 1 saturated carbocycles. The molecule has 0 aliphatic heterocycles. The molecule has 0 aromatic heterocycles. The smallest absolute Gasteiger partial charge is 0.221 e. The van der Waals surface area contributed by atoms with Gasteiger partial charge in [0.25, 0.3) is 0 Å².